The molecule has 1 aliphatic heterocycles. The van der Waals surface area contributed by atoms with Gasteiger partial charge in [-0.15, -0.1) is 0 Å². The minimum Gasteiger partial charge on any atom is -0.445 e. The van der Waals surface area contributed by atoms with Crippen LogP contribution < -0.4 is 5.32 Å². The van der Waals surface area contributed by atoms with Gasteiger partial charge in [-0.1, -0.05) is 30.3 Å². The van der Waals surface area contributed by atoms with E-state index in [0.29, 0.717) is 25.9 Å². The molecule has 1 aliphatic rings. The van der Waals surface area contributed by atoms with E-state index in [-0.39, 0.29) is 6.61 Å². The molecule has 0 aliphatic carbocycles. The standard InChI is InChI=1S/C19H26N2O5/c1-18(2,3)26-17(24)21-11-9-19(14-22,10-12-21)20-16(23)25-13-15-7-5-4-6-8-15/h4-8,14H,9-13H2,1-3H3,(H,20,23). The Labute approximate surface area is 153 Å². The maximum atomic E-state index is 12.1. The van der Waals surface area contributed by atoms with E-state index in [4.69, 9.17) is 9.47 Å². The molecule has 2 rings (SSSR count). The predicted octanol–water partition coefficient (Wildman–Crippen LogP) is 2.88. The third kappa shape index (κ3) is 5.75. The number of rotatable bonds is 4. The van der Waals surface area contributed by atoms with Gasteiger partial charge in [0.1, 0.15) is 24.0 Å². The Hall–Kier alpha value is -2.57. The molecule has 1 saturated heterocycles. The summed E-state index contributed by atoms with van der Waals surface area (Å²) < 4.78 is 10.5. The molecule has 7 nitrogen and oxygen atoms in total. The van der Waals surface area contributed by atoms with Gasteiger partial charge in [-0.2, -0.15) is 0 Å². The Balaban J connectivity index is 1.85. The number of hydrogen-bond donors (Lipinski definition) is 1. The average molecular weight is 362 g/mol. The Morgan fingerprint density at radius 1 is 1.19 bits per heavy atom. The van der Waals surface area contributed by atoms with Crippen molar-refractivity contribution in [3.63, 3.8) is 0 Å². The van der Waals surface area contributed by atoms with Crippen molar-refractivity contribution in [3.05, 3.63) is 35.9 Å². The lowest BCUT2D eigenvalue weighted by Gasteiger charge is -2.38. The zero-order chi connectivity index (χ0) is 19.2. The van der Waals surface area contributed by atoms with Crippen LogP contribution in [0.4, 0.5) is 9.59 Å². The fourth-order valence-electron chi connectivity index (χ4n) is 2.65. The molecular formula is C19H26N2O5. The molecule has 7 heteroatoms. The van der Waals surface area contributed by atoms with Gasteiger partial charge < -0.3 is 24.5 Å². The van der Waals surface area contributed by atoms with Crippen molar-refractivity contribution in [1.29, 1.82) is 0 Å². The molecule has 0 aromatic heterocycles. The maximum Gasteiger partial charge on any atom is 0.410 e. The van der Waals surface area contributed by atoms with E-state index in [0.717, 1.165) is 11.8 Å². The van der Waals surface area contributed by atoms with Crippen LogP contribution in [-0.4, -0.2) is 47.6 Å². The lowest BCUT2D eigenvalue weighted by molar-refractivity contribution is -0.115. The largest absolute Gasteiger partial charge is 0.445 e. The van der Waals surface area contributed by atoms with Crippen LogP contribution in [0.15, 0.2) is 30.3 Å². The lowest BCUT2D eigenvalue weighted by Crippen LogP contribution is -2.57. The molecule has 0 atom stereocenters. The Kier molecular flexibility index (Phi) is 6.23. The summed E-state index contributed by atoms with van der Waals surface area (Å²) in [5, 5.41) is 2.65. The third-order valence-corrected chi connectivity index (χ3v) is 4.10. The van der Waals surface area contributed by atoms with Gasteiger partial charge in [-0.3, -0.25) is 0 Å². The molecule has 2 amide bonds. The Morgan fingerprint density at radius 2 is 1.81 bits per heavy atom. The summed E-state index contributed by atoms with van der Waals surface area (Å²) >= 11 is 0. The molecule has 1 N–H and O–H groups in total. The van der Waals surface area contributed by atoms with Gasteiger partial charge in [0.25, 0.3) is 0 Å². The predicted molar refractivity (Wildman–Crippen MR) is 95.6 cm³/mol. The number of piperidine rings is 1. The lowest BCUT2D eigenvalue weighted by atomic mass is 9.89. The maximum absolute atomic E-state index is 12.1. The molecular weight excluding hydrogens is 336 g/mol. The second-order valence-corrected chi connectivity index (χ2v) is 7.43. The van der Waals surface area contributed by atoms with Gasteiger partial charge in [0.2, 0.25) is 0 Å². The van der Waals surface area contributed by atoms with Crippen molar-refractivity contribution in [2.75, 3.05) is 13.1 Å². The number of carbonyl (C=O) groups is 3. The minimum absolute atomic E-state index is 0.131. The molecule has 0 bridgehead atoms. The molecule has 0 spiro atoms. The van der Waals surface area contributed by atoms with Crippen LogP contribution in [-0.2, 0) is 20.9 Å². The molecule has 0 radical (unpaired) electrons. The number of ether oxygens (including phenoxy) is 2. The van der Waals surface area contributed by atoms with E-state index in [9.17, 15) is 14.4 Å². The first-order valence-electron chi connectivity index (χ1n) is 8.66. The van der Waals surface area contributed by atoms with Gasteiger partial charge >= 0.3 is 12.2 Å². The van der Waals surface area contributed by atoms with Crippen molar-refractivity contribution >= 4 is 18.5 Å². The molecule has 0 saturated carbocycles. The molecule has 142 valence electrons. The summed E-state index contributed by atoms with van der Waals surface area (Å²) in [6.45, 7) is 6.18. The van der Waals surface area contributed by atoms with Crippen molar-refractivity contribution in [1.82, 2.24) is 10.2 Å². The number of benzene rings is 1. The van der Waals surface area contributed by atoms with E-state index in [2.05, 4.69) is 5.32 Å². The van der Waals surface area contributed by atoms with Crippen molar-refractivity contribution in [2.24, 2.45) is 0 Å². The van der Waals surface area contributed by atoms with Crippen LogP contribution in [0.5, 0.6) is 0 Å². The quantitative estimate of drug-likeness (QED) is 0.833. The van der Waals surface area contributed by atoms with E-state index in [1.54, 1.807) is 25.7 Å². The van der Waals surface area contributed by atoms with Gasteiger partial charge in [-0.05, 0) is 39.2 Å². The second kappa shape index (κ2) is 8.21. The third-order valence-electron chi connectivity index (χ3n) is 4.10. The highest BCUT2D eigenvalue weighted by molar-refractivity contribution is 5.77. The number of aldehydes is 1. The minimum atomic E-state index is -1.02. The summed E-state index contributed by atoms with van der Waals surface area (Å²) in [4.78, 5) is 37.3. The topological polar surface area (TPSA) is 84.9 Å². The van der Waals surface area contributed by atoms with Crippen LogP contribution in [0.3, 0.4) is 0 Å². The normalized spacial score (nSPS) is 16.5. The number of amides is 2. The fourth-order valence-corrected chi connectivity index (χ4v) is 2.65. The highest BCUT2D eigenvalue weighted by Crippen LogP contribution is 2.22. The number of carbonyl (C=O) groups excluding carboxylic acids is 3. The van der Waals surface area contributed by atoms with Gasteiger partial charge in [0, 0.05) is 13.1 Å². The molecule has 1 fully saturated rings. The first kappa shape index (κ1) is 19.8. The number of hydrogen-bond acceptors (Lipinski definition) is 5. The van der Waals surface area contributed by atoms with E-state index in [1.165, 1.54) is 0 Å². The summed E-state index contributed by atoms with van der Waals surface area (Å²) in [6, 6.07) is 9.29. The van der Waals surface area contributed by atoms with E-state index < -0.39 is 23.3 Å². The van der Waals surface area contributed by atoms with Crippen LogP contribution >= 0.6 is 0 Å². The van der Waals surface area contributed by atoms with Gasteiger partial charge in [-0.25, -0.2) is 9.59 Å². The molecule has 1 aromatic rings. The Bertz CT molecular complexity index is 631. The summed E-state index contributed by atoms with van der Waals surface area (Å²) in [7, 11) is 0. The van der Waals surface area contributed by atoms with Crippen LogP contribution in [0.1, 0.15) is 39.2 Å². The highest BCUT2D eigenvalue weighted by Gasteiger charge is 2.38. The van der Waals surface area contributed by atoms with Crippen LogP contribution in [0.2, 0.25) is 0 Å². The number of nitrogens with one attached hydrogen (secondary N) is 1. The smallest absolute Gasteiger partial charge is 0.410 e. The SMILES string of the molecule is CC(C)(C)OC(=O)N1CCC(C=O)(NC(=O)OCc2ccccc2)CC1. The number of alkyl carbamates (subject to hydrolysis) is 1. The fraction of sp³-hybridized carbons (Fsp3) is 0.526. The van der Waals surface area contributed by atoms with E-state index >= 15 is 0 Å². The molecule has 1 aromatic carbocycles. The first-order chi connectivity index (χ1) is 12.2. The summed E-state index contributed by atoms with van der Waals surface area (Å²) in [6.07, 6.45) is 0.297. The van der Waals surface area contributed by atoms with Crippen molar-refractivity contribution < 1.29 is 23.9 Å². The van der Waals surface area contributed by atoms with Gasteiger partial charge in [0.15, 0.2) is 0 Å². The van der Waals surface area contributed by atoms with Crippen molar-refractivity contribution in [2.45, 2.75) is 51.4 Å². The first-order valence-corrected chi connectivity index (χ1v) is 8.66. The van der Waals surface area contributed by atoms with Crippen molar-refractivity contribution in [3.8, 4) is 0 Å². The van der Waals surface area contributed by atoms with E-state index in [1.807, 2.05) is 30.3 Å². The second-order valence-electron chi connectivity index (χ2n) is 7.43. The zero-order valence-electron chi connectivity index (χ0n) is 15.5. The molecule has 26 heavy (non-hydrogen) atoms. The monoisotopic (exact) mass is 362 g/mol. The molecule has 0 unspecified atom stereocenters. The zero-order valence-corrected chi connectivity index (χ0v) is 15.5. The highest BCUT2D eigenvalue weighted by atomic mass is 16.6. The summed E-state index contributed by atoms with van der Waals surface area (Å²) in [5.74, 6) is 0. The number of likely N-dealkylation sites (tertiary alicyclic amines) is 1. The molecule has 1 heterocycles. The Morgan fingerprint density at radius 3 is 2.35 bits per heavy atom. The van der Waals surface area contributed by atoms with Gasteiger partial charge in [0.05, 0.1) is 0 Å². The van der Waals surface area contributed by atoms with Crippen LogP contribution in [0, 0.1) is 0 Å². The summed E-state index contributed by atoms with van der Waals surface area (Å²) in [5.41, 5.74) is -0.732. The average Bonchev–Trinajstić information content (AvgIpc) is 2.60. The van der Waals surface area contributed by atoms with Crippen LogP contribution in [0.25, 0.3) is 0 Å². The number of nitrogens with zero attached hydrogens (tertiary/aromatic N) is 1.